The summed E-state index contributed by atoms with van der Waals surface area (Å²) in [7, 11) is 0. The van der Waals surface area contributed by atoms with Crippen molar-refractivity contribution in [1.29, 1.82) is 0 Å². The van der Waals surface area contributed by atoms with Crippen molar-refractivity contribution in [3.8, 4) is 5.75 Å². The van der Waals surface area contributed by atoms with E-state index >= 15 is 0 Å². The van der Waals surface area contributed by atoms with Crippen LogP contribution in [0.1, 0.15) is 22.3 Å². The number of nitrogens with one attached hydrogen (secondary N) is 1. The van der Waals surface area contributed by atoms with Gasteiger partial charge in [-0.2, -0.15) is 0 Å². The Morgan fingerprint density at radius 1 is 1.10 bits per heavy atom. The largest absolute Gasteiger partial charge is 0.508 e. The molecular formula is C17H18FNO2. The minimum absolute atomic E-state index is 0.128. The molecule has 0 aliphatic rings. The van der Waals surface area contributed by atoms with E-state index in [1.807, 2.05) is 12.1 Å². The Bertz CT molecular complexity index is 596. The molecule has 2 aromatic rings. The first-order chi connectivity index (χ1) is 10.2. The molecule has 0 aliphatic carbocycles. The third-order valence-electron chi connectivity index (χ3n) is 3.22. The minimum Gasteiger partial charge on any atom is -0.508 e. The lowest BCUT2D eigenvalue weighted by Gasteiger charge is -2.05. The summed E-state index contributed by atoms with van der Waals surface area (Å²) < 4.78 is 13.4. The number of aryl methyl sites for hydroxylation is 1. The number of phenolic OH excluding ortho intramolecular Hbond substituents is 1. The molecule has 0 radical (unpaired) electrons. The zero-order valence-electron chi connectivity index (χ0n) is 11.7. The van der Waals surface area contributed by atoms with E-state index in [4.69, 9.17) is 0 Å². The highest BCUT2D eigenvalue weighted by molar-refractivity contribution is 5.97. The van der Waals surface area contributed by atoms with Gasteiger partial charge in [0.1, 0.15) is 11.6 Å². The maximum absolute atomic E-state index is 13.4. The van der Waals surface area contributed by atoms with Crippen molar-refractivity contribution >= 4 is 5.78 Å². The smallest absolute Gasteiger partial charge is 0.179 e. The molecular weight excluding hydrogens is 269 g/mol. The Morgan fingerprint density at radius 3 is 2.52 bits per heavy atom. The molecule has 0 heterocycles. The van der Waals surface area contributed by atoms with E-state index in [9.17, 15) is 14.3 Å². The van der Waals surface area contributed by atoms with Crippen LogP contribution in [0, 0.1) is 5.82 Å². The van der Waals surface area contributed by atoms with Crippen molar-refractivity contribution in [3.05, 3.63) is 65.5 Å². The van der Waals surface area contributed by atoms with Crippen molar-refractivity contribution in [3.63, 3.8) is 0 Å². The van der Waals surface area contributed by atoms with Crippen molar-refractivity contribution in [2.24, 2.45) is 0 Å². The zero-order chi connectivity index (χ0) is 15.1. The Kier molecular flexibility index (Phi) is 5.46. The second kappa shape index (κ2) is 7.55. The maximum atomic E-state index is 13.4. The molecule has 0 amide bonds. The zero-order valence-corrected chi connectivity index (χ0v) is 11.7. The molecule has 21 heavy (non-hydrogen) atoms. The molecule has 110 valence electrons. The van der Waals surface area contributed by atoms with E-state index in [0.29, 0.717) is 6.54 Å². The Morgan fingerprint density at radius 2 is 1.81 bits per heavy atom. The highest BCUT2D eigenvalue weighted by Crippen LogP contribution is 2.11. The van der Waals surface area contributed by atoms with E-state index in [1.165, 1.54) is 12.1 Å². The normalized spacial score (nSPS) is 10.5. The SMILES string of the molecule is O=C(CNCCCc1ccc(O)cc1)c1ccccc1F. The number of Topliss-reactive ketones (excluding diaryl/α,β-unsaturated/α-hetero) is 1. The maximum Gasteiger partial charge on any atom is 0.179 e. The highest BCUT2D eigenvalue weighted by Gasteiger charge is 2.09. The van der Waals surface area contributed by atoms with Crippen LogP contribution < -0.4 is 5.32 Å². The molecule has 0 fully saturated rings. The lowest BCUT2D eigenvalue weighted by atomic mass is 10.1. The third kappa shape index (κ3) is 4.68. The predicted octanol–water partition coefficient (Wildman–Crippen LogP) is 2.94. The van der Waals surface area contributed by atoms with Crippen molar-refractivity contribution in [2.45, 2.75) is 12.8 Å². The number of hydrogen-bond donors (Lipinski definition) is 2. The van der Waals surface area contributed by atoms with E-state index in [2.05, 4.69) is 5.32 Å². The van der Waals surface area contributed by atoms with E-state index < -0.39 is 5.82 Å². The molecule has 0 spiro atoms. The first-order valence-corrected chi connectivity index (χ1v) is 6.93. The van der Waals surface area contributed by atoms with Crippen LogP contribution in [-0.2, 0) is 6.42 Å². The van der Waals surface area contributed by atoms with Gasteiger partial charge in [0.2, 0.25) is 0 Å². The summed E-state index contributed by atoms with van der Waals surface area (Å²) >= 11 is 0. The summed E-state index contributed by atoms with van der Waals surface area (Å²) in [4.78, 5) is 11.8. The van der Waals surface area contributed by atoms with Crippen LogP contribution in [0.25, 0.3) is 0 Å². The first kappa shape index (κ1) is 15.2. The fraction of sp³-hybridized carbons (Fsp3) is 0.235. The Hall–Kier alpha value is -2.20. The average molecular weight is 287 g/mol. The Labute approximate surface area is 123 Å². The van der Waals surface area contributed by atoms with Crippen molar-refractivity contribution < 1.29 is 14.3 Å². The molecule has 0 bridgehead atoms. The molecule has 3 nitrogen and oxygen atoms in total. The molecule has 4 heteroatoms. The Balaban J connectivity index is 1.69. The predicted molar refractivity (Wildman–Crippen MR) is 80.0 cm³/mol. The van der Waals surface area contributed by atoms with Gasteiger partial charge in [-0.25, -0.2) is 4.39 Å². The molecule has 2 N–H and O–H groups in total. The molecule has 0 aromatic heterocycles. The lowest BCUT2D eigenvalue weighted by molar-refractivity contribution is 0.0987. The topological polar surface area (TPSA) is 49.3 Å². The van der Waals surface area contributed by atoms with Gasteiger partial charge >= 0.3 is 0 Å². The molecule has 0 unspecified atom stereocenters. The molecule has 0 aliphatic heterocycles. The average Bonchev–Trinajstić information content (AvgIpc) is 2.49. The third-order valence-corrected chi connectivity index (χ3v) is 3.22. The molecule has 0 atom stereocenters. The van der Waals surface area contributed by atoms with Gasteiger partial charge in [0.25, 0.3) is 0 Å². The van der Waals surface area contributed by atoms with Crippen LogP contribution in [0.5, 0.6) is 5.75 Å². The van der Waals surface area contributed by atoms with Crippen molar-refractivity contribution in [2.75, 3.05) is 13.1 Å². The number of carbonyl (C=O) groups is 1. The standard InChI is InChI=1S/C17H18FNO2/c18-16-6-2-1-5-15(16)17(21)12-19-11-3-4-13-7-9-14(20)10-8-13/h1-2,5-10,19-20H,3-4,11-12H2. The van der Waals surface area contributed by atoms with E-state index in [1.54, 1.807) is 24.3 Å². The number of halogens is 1. The summed E-state index contributed by atoms with van der Waals surface area (Å²) in [6, 6.07) is 13.1. The van der Waals surface area contributed by atoms with Crippen LogP contribution in [0.3, 0.4) is 0 Å². The van der Waals surface area contributed by atoms with E-state index in [-0.39, 0.29) is 23.6 Å². The number of benzene rings is 2. The number of carbonyl (C=O) groups excluding carboxylic acids is 1. The number of phenols is 1. The first-order valence-electron chi connectivity index (χ1n) is 6.93. The molecule has 2 aromatic carbocycles. The van der Waals surface area contributed by atoms with Crippen LogP contribution in [0.15, 0.2) is 48.5 Å². The summed E-state index contributed by atoms with van der Waals surface area (Å²) in [5.74, 6) is -0.460. The van der Waals surface area contributed by atoms with Gasteiger partial charge in [-0.3, -0.25) is 4.79 Å². The van der Waals surface area contributed by atoms with Crippen LogP contribution in [0.4, 0.5) is 4.39 Å². The van der Waals surface area contributed by atoms with Gasteiger partial charge in [-0.05, 0) is 49.2 Å². The monoisotopic (exact) mass is 287 g/mol. The fourth-order valence-corrected chi connectivity index (χ4v) is 2.06. The lowest BCUT2D eigenvalue weighted by Crippen LogP contribution is -2.25. The van der Waals surface area contributed by atoms with Gasteiger partial charge < -0.3 is 10.4 Å². The minimum atomic E-state index is -0.478. The second-order valence-corrected chi connectivity index (χ2v) is 4.85. The molecule has 0 saturated heterocycles. The van der Waals surface area contributed by atoms with Gasteiger partial charge in [0.15, 0.2) is 5.78 Å². The van der Waals surface area contributed by atoms with Crippen molar-refractivity contribution in [1.82, 2.24) is 5.32 Å². The molecule has 2 rings (SSSR count). The summed E-state index contributed by atoms with van der Waals surface area (Å²) in [5.41, 5.74) is 1.26. The van der Waals surface area contributed by atoms with Gasteiger partial charge in [0, 0.05) is 0 Å². The number of rotatable bonds is 7. The van der Waals surface area contributed by atoms with E-state index in [0.717, 1.165) is 18.4 Å². The summed E-state index contributed by atoms with van der Waals surface area (Å²) in [6.45, 7) is 0.817. The van der Waals surface area contributed by atoms with Crippen LogP contribution in [0.2, 0.25) is 0 Å². The van der Waals surface area contributed by atoms with Crippen LogP contribution in [-0.4, -0.2) is 24.0 Å². The van der Waals surface area contributed by atoms with Crippen LogP contribution >= 0.6 is 0 Å². The number of ketones is 1. The molecule has 0 saturated carbocycles. The summed E-state index contributed by atoms with van der Waals surface area (Å²) in [5, 5.41) is 12.2. The number of aromatic hydroxyl groups is 1. The number of hydrogen-bond acceptors (Lipinski definition) is 3. The second-order valence-electron chi connectivity index (χ2n) is 4.85. The van der Waals surface area contributed by atoms with Gasteiger partial charge in [-0.1, -0.05) is 24.3 Å². The highest BCUT2D eigenvalue weighted by atomic mass is 19.1. The van der Waals surface area contributed by atoms with Gasteiger partial charge in [0.05, 0.1) is 12.1 Å². The van der Waals surface area contributed by atoms with Gasteiger partial charge in [-0.15, -0.1) is 0 Å². The fourth-order valence-electron chi connectivity index (χ4n) is 2.06. The summed E-state index contributed by atoms with van der Waals surface area (Å²) in [6.07, 6.45) is 1.73. The quantitative estimate of drug-likeness (QED) is 0.608.